The topological polar surface area (TPSA) is 46.4 Å². The Morgan fingerprint density at radius 2 is 2.05 bits per heavy atom. The lowest BCUT2D eigenvalue weighted by atomic mass is 10.2. The third-order valence-electron chi connectivity index (χ3n) is 3.04. The van der Waals surface area contributed by atoms with Gasteiger partial charge in [0.1, 0.15) is 17.2 Å². The molecule has 0 saturated heterocycles. The van der Waals surface area contributed by atoms with Gasteiger partial charge in [-0.05, 0) is 18.2 Å². The molecule has 0 bridgehead atoms. The normalized spacial score (nSPS) is 10.8. The van der Waals surface area contributed by atoms with Crippen LogP contribution < -0.4 is 5.32 Å². The van der Waals surface area contributed by atoms with Crippen LogP contribution in [0, 0.1) is 5.82 Å². The van der Waals surface area contributed by atoms with Gasteiger partial charge in [0.25, 0.3) is 5.91 Å². The molecule has 0 fully saturated rings. The molecule has 2 aromatic heterocycles. The van der Waals surface area contributed by atoms with Crippen molar-refractivity contribution in [1.82, 2.24) is 14.7 Å². The van der Waals surface area contributed by atoms with Gasteiger partial charge in [-0.3, -0.25) is 4.79 Å². The molecule has 1 amide bonds. The number of hydrogen-bond donors (Lipinski definition) is 1. The van der Waals surface area contributed by atoms with Crippen LogP contribution in [0.15, 0.2) is 48.8 Å². The Kier molecular flexibility index (Phi) is 3.58. The van der Waals surface area contributed by atoms with E-state index in [2.05, 4.69) is 10.3 Å². The third-order valence-corrected chi connectivity index (χ3v) is 3.27. The highest BCUT2D eigenvalue weighted by Gasteiger charge is 2.11. The number of fused-ring (bicyclic) bond motifs is 1. The van der Waals surface area contributed by atoms with E-state index in [0.717, 1.165) is 0 Å². The summed E-state index contributed by atoms with van der Waals surface area (Å²) in [7, 11) is 0. The minimum Gasteiger partial charge on any atom is -0.346 e. The van der Waals surface area contributed by atoms with Crippen molar-refractivity contribution in [3.8, 4) is 0 Å². The molecule has 1 N–H and O–H groups in total. The molecule has 0 aliphatic rings. The van der Waals surface area contributed by atoms with Crippen LogP contribution in [0.1, 0.15) is 16.1 Å². The highest BCUT2D eigenvalue weighted by Crippen LogP contribution is 2.12. The van der Waals surface area contributed by atoms with Crippen LogP contribution in [0.3, 0.4) is 0 Å². The Labute approximate surface area is 125 Å². The molecule has 4 nitrogen and oxygen atoms in total. The lowest BCUT2D eigenvalue weighted by molar-refractivity contribution is 0.0946. The Morgan fingerprint density at radius 1 is 1.24 bits per heavy atom. The van der Waals surface area contributed by atoms with Crippen molar-refractivity contribution < 1.29 is 9.18 Å². The lowest BCUT2D eigenvalue weighted by Gasteiger charge is -2.04. The maximum Gasteiger partial charge on any atom is 0.271 e. The minimum atomic E-state index is -0.363. The molecule has 106 valence electrons. The number of carbonyl (C=O) groups excluding carboxylic acids is 1. The molecule has 0 atom stereocenters. The SMILES string of the molecule is O=C(NCc1ccccc1F)c1cn2cc(Cl)ccc2n1. The molecule has 6 heteroatoms. The van der Waals surface area contributed by atoms with Crippen LogP contribution in [-0.2, 0) is 6.54 Å². The second-order valence-electron chi connectivity index (χ2n) is 4.51. The molecule has 0 radical (unpaired) electrons. The zero-order chi connectivity index (χ0) is 14.8. The fraction of sp³-hybridized carbons (Fsp3) is 0.0667. The van der Waals surface area contributed by atoms with Gasteiger partial charge in [-0.2, -0.15) is 0 Å². The van der Waals surface area contributed by atoms with Gasteiger partial charge in [-0.25, -0.2) is 9.37 Å². The minimum absolute atomic E-state index is 0.111. The smallest absolute Gasteiger partial charge is 0.271 e. The van der Waals surface area contributed by atoms with Crippen LogP contribution in [0.5, 0.6) is 0 Å². The summed E-state index contributed by atoms with van der Waals surface area (Å²) in [6.07, 6.45) is 3.25. The first-order valence-corrected chi connectivity index (χ1v) is 6.67. The number of rotatable bonds is 3. The monoisotopic (exact) mass is 303 g/mol. The molecule has 0 spiro atoms. The van der Waals surface area contributed by atoms with E-state index in [1.165, 1.54) is 6.07 Å². The molecule has 0 aliphatic carbocycles. The van der Waals surface area contributed by atoms with Gasteiger partial charge in [0.15, 0.2) is 0 Å². The molecule has 0 aliphatic heterocycles. The first-order chi connectivity index (χ1) is 10.1. The molecule has 0 saturated carbocycles. The van der Waals surface area contributed by atoms with Crippen molar-refractivity contribution >= 4 is 23.2 Å². The molecule has 0 unspecified atom stereocenters. The van der Waals surface area contributed by atoms with Crippen LogP contribution >= 0.6 is 11.6 Å². The number of halogens is 2. The van der Waals surface area contributed by atoms with Crippen LogP contribution in [-0.4, -0.2) is 15.3 Å². The number of carbonyl (C=O) groups is 1. The molecular weight excluding hydrogens is 293 g/mol. The summed E-state index contributed by atoms with van der Waals surface area (Å²) >= 11 is 5.88. The van der Waals surface area contributed by atoms with E-state index in [4.69, 9.17) is 11.6 Å². The highest BCUT2D eigenvalue weighted by molar-refractivity contribution is 6.30. The largest absolute Gasteiger partial charge is 0.346 e. The quantitative estimate of drug-likeness (QED) is 0.808. The van der Waals surface area contributed by atoms with E-state index in [-0.39, 0.29) is 24.0 Å². The van der Waals surface area contributed by atoms with Crippen molar-refractivity contribution in [2.45, 2.75) is 6.54 Å². The highest BCUT2D eigenvalue weighted by atomic mass is 35.5. The number of nitrogens with one attached hydrogen (secondary N) is 1. The second kappa shape index (κ2) is 5.54. The average molecular weight is 304 g/mol. The summed E-state index contributed by atoms with van der Waals surface area (Å²) in [5.74, 6) is -0.711. The van der Waals surface area contributed by atoms with Gasteiger partial charge >= 0.3 is 0 Å². The number of benzene rings is 1. The first-order valence-electron chi connectivity index (χ1n) is 6.29. The molecule has 1 aromatic carbocycles. The summed E-state index contributed by atoms with van der Waals surface area (Å²) in [6, 6.07) is 9.72. The predicted molar refractivity (Wildman–Crippen MR) is 77.8 cm³/mol. The number of nitrogens with zero attached hydrogens (tertiary/aromatic N) is 2. The number of amides is 1. The van der Waals surface area contributed by atoms with E-state index < -0.39 is 0 Å². The van der Waals surface area contributed by atoms with Gasteiger partial charge in [-0.15, -0.1) is 0 Å². The van der Waals surface area contributed by atoms with E-state index in [1.54, 1.807) is 47.1 Å². The van der Waals surface area contributed by atoms with Gasteiger partial charge in [0.2, 0.25) is 0 Å². The number of hydrogen-bond acceptors (Lipinski definition) is 2. The second-order valence-corrected chi connectivity index (χ2v) is 4.95. The van der Waals surface area contributed by atoms with E-state index in [9.17, 15) is 9.18 Å². The van der Waals surface area contributed by atoms with Gasteiger partial charge in [0, 0.05) is 24.5 Å². The van der Waals surface area contributed by atoms with Gasteiger partial charge < -0.3 is 9.72 Å². The van der Waals surface area contributed by atoms with Crippen molar-refractivity contribution in [1.29, 1.82) is 0 Å². The van der Waals surface area contributed by atoms with Crippen LogP contribution in [0.25, 0.3) is 5.65 Å². The Morgan fingerprint density at radius 3 is 2.86 bits per heavy atom. The van der Waals surface area contributed by atoms with E-state index in [1.807, 2.05) is 0 Å². The standard InChI is InChI=1S/C15H11ClFN3O/c16-11-5-6-14-19-13(9-20(14)8-11)15(21)18-7-10-3-1-2-4-12(10)17/h1-6,8-9H,7H2,(H,18,21). The molecule has 3 rings (SSSR count). The van der Waals surface area contributed by atoms with Gasteiger partial charge in [0.05, 0.1) is 5.02 Å². The zero-order valence-electron chi connectivity index (χ0n) is 10.9. The zero-order valence-corrected chi connectivity index (χ0v) is 11.6. The van der Waals surface area contributed by atoms with Crippen LogP contribution in [0.2, 0.25) is 5.02 Å². The molecule has 2 heterocycles. The Hall–Kier alpha value is -2.40. The molecule has 3 aromatic rings. The van der Waals surface area contributed by atoms with E-state index >= 15 is 0 Å². The maximum absolute atomic E-state index is 13.5. The summed E-state index contributed by atoms with van der Waals surface area (Å²) < 4.78 is 15.1. The number of imidazole rings is 1. The average Bonchev–Trinajstić information content (AvgIpc) is 2.89. The fourth-order valence-electron chi connectivity index (χ4n) is 1.98. The first kappa shape index (κ1) is 13.6. The van der Waals surface area contributed by atoms with Crippen molar-refractivity contribution in [2.24, 2.45) is 0 Å². The van der Waals surface area contributed by atoms with E-state index in [0.29, 0.717) is 16.2 Å². The third kappa shape index (κ3) is 2.87. The number of aromatic nitrogens is 2. The number of pyridine rings is 1. The Balaban J connectivity index is 1.76. The van der Waals surface area contributed by atoms with Crippen molar-refractivity contribution in [2.75, 3.05) is 0 Å². The summed E-state index contributed by atoms with van der Waals surface area (Å²) in [6.45, 7) is 0.111. The fourth-order valence-corrected chi connectivity index (χ4v) is 2.15. The summed E-state index contributed by atoms with van der Waals surface area (Å²) in [4.78, 5) is 16.2. The summed E-state index contributed by atoms with van der Waals surface area (Å²) in [5.41, 5.74) is 1.31. The molecular formula is C15H11ClFN3O. The van der Waals surface area contributed by atoms with Crippen molar-refractivity contribution in [3.63, 3.8) is 0 Å². The van der Waals surface area contributed by atoms with Crippen molar-refractivity contribution in [3.05, 3.63) is 70.9 Å². The molecule has 21 heavy (non-hydrogen) atoms. The Bertz CT molecular complexity index is 816. The lowest BCUT2D eigenvalue weighted by Crippen LogP contribution is -2.23. The summed E-state index contributed by atoms with van der Waals surface area (Å²) in [5, 5.41) is 3.20. The van der Waals surface area contributed by atoms with Crippen LogP contribution in [0.4, 0.5) is 4.39 Å². The van der Waals surface area contributed by atoms with Gasteiger partial charge in [-0.1, -0.05) is 29.8 Å². The predicted octanol–water partition coefficient (Wildman–Crippen LogP) is 3.06. The maximum atomic E-state index is 13.5.